The summed E-state index contributed by atoms with van der Waals surface area (Å²) in [5.41, 5.74) is -0.710. The molecule has 6 heteroatoms. The standard InChI is InChI=1S/C15H22N2O4/c18-12(16-9-15(5-6-15)14(20)21)10-3-7-17(8-4-10)13(19)11-1-2-11/h10-11H,1-9H2,(H,16,18)(H,20,21). The molecule has 3 rings (SSSR count). The normalized spacial score (nSPS) is 24.5. The number of hydrogen-bond donors (Lipinski definition) is 2. The van der Waals surface area contributed by atoms with E-state index < -0.39 is 11.4 Å². The number of aliphatic carboxylic acids is 1. The van der Waals surface area contributed by atoms with E-state index in [0.29, 0.717) is 38.8 Å². The van der Waals surface area contributed by atoms with Crippen LogP contribution in [0.4, 0.5) is 0 Å². The lowest BCUT2D eigenvalue weighted by molar-refractivity contribution is -0.143. The van der Waals surface area contributed by atoms with Gasteiger partial charge in [-0.2, -0.15) is 0 Å². The highest BCUT2D eigenvalue weighted by Crippen LogP contribution is 2.45. The number of rotatable bonds is 5. The second-order valence-corrected chi connectivity index (χ2v) is 6.68. The third kappa shape index (κ3) is 3.04. The highest BCUT2D eigenvalue weighted by molar-refractivity contribution is 5.83. The van der Waals surface area contributed by atoms with E-state index in [2.05, 4.69) is 5.32 Å². The zero-order chi connectivity index (χ0) is 15.0. The molecule has 6 nitrogen and oxygen atoms in total. The fourth-order valence-corrected chi connectivity index (χ4v) is 2.97. The van der Waals surface area contributed by atoms with Gasteiger partial charge in [0.25, 0.3) is 0 Å². The summed E-state index contributed by atoms with van der Waals surface area (Å²) in [6, 6.07) is 0. The molecule has 0 atom stereocenters. The van der Waals surface area contributed by atoms with Gasteiger partial charge >= 0.3 is 5.97 Å². The van der Waals surface area contributed by atoms with Gasteiger partial charge in [-0.1, -0.05) is 0 Å². The molecule has 0 radical (unpaired) electrons. The molecule has 2 saturated carbocycles. The third-order valence-electron chi connectivity index (χ3n) is 5.01. The van der Waals surface area contributed by atoms with Crippen LogP contribution in [0.1, 0.15) is 38.5 Å². The first-order valence-corrected chi connectivity index (χ1v) is 7.82. The first kappa shape index (κ1) is 14.4. The summed E-state index contributed by atoms with van der Waals surface area (Å²) in [6.07, 6.45) is 4.69. The van der Waals surface area contributed by atoms with Gasteiger partial charge in [0.05, 0.1) is 5.41 Å². The number of nitrogens with one attached hydrogen (secondary N) is 1. The summed E-state index contributed by atoms with van der Waals surface area (Å²) in [7, 11) is 0. The number of piperidine rings is 1. The van der Waals surface area contributed by atoms with E-state index in [-0.39, 0.29) is 30.2 Å². The molecule has 0 unspecified atom stereocenters. The predicted molar refractivity (Wildman–Crippen MR) is 74.3 cm³/mol. The molecule has 2 amide bonds. The van der Waals surface area contributed by atoms with Crippen LogP contribution in [0.25, 0.3) is 0 Å². The molecular weight excluding hydrogens is 272 g/mol. The minimum Gasteiger partial charge on any atom is -0.481 e. The Labute approximate surface area is 123 Å². The summed E-state index contributed by atoms with van der Waals surface area (Å²) >= 11 is 0. The van der Waals surface area contributed by atoms with Crippen LogP contribution in [0.2, 0.25) is 0 Å². The summed E-state index contributed by atoms with van der Waals surface area (Å²) in [5, 5.41) is 11.9. The van der Waals surface area contributed by atoms with Crippen LogP contribution < -0.4 is 5.32 Å². The predicted octanol–water partition coefficient (Wildman–Crippen LogP) is 0.616. The van der Waals surface area contributed by atoms with Gasteiger partial charge < -0.3 is 15.3 Å². The first-order valence-electron chi connectivity index (χ1n) is 7.82. The van der Waals surface area contributed by atoms with E-state index in [1.54, 1.807) is 0 Å². The van der Waals surface area contributed by atoms with Crippen LogP contribution in [0.15, 0.2) is 0 Å². The molecule has 0 aromatic carbocycles. The van der Waals surface area contributed by atoms with Gasteiger partial charge in [-0.3, -0.25) is 14.4 Å². The van der Waals surface area contributed by atoms with Crippen molar-refractivity contribution >= 4 is 17.8 Å². The number of nitrogens with zero attached hydrogens (tertiary/aromatic N) is 1. The van der Waals surface area contributed by atoms with Crippen LogP contribution in [0.3, 0.4) is 0 Å². The van der Waals surface area contributed by atoms with E-state index in [4.69, 9.17) is 5.11 Å². The molecule has 2 N–H and O–H groups in total. The van der Waals surface area contributed by atoms with Gasteiger partial charge in [0.15, 0.2) is 0 Å². The molecule has 116 valence electrons. The number of hydrogen-bond acceptors (Lipinski definition) is 3. The van der Waals surface area contributed by atoms with E-state index in [1.165, 1.54) is 0 Å². The van der Waals surface area contributed by atoms with Gasteiger partial charge in [-0.05, 0) is 38.5 Å². The molecule has 1 aliphatic heterocycles. The molecule has 1 heterocycles. The zero-order valence-corrected chi connectivity index (χ0v) is 12.1. The highest BCUT2D eigenvalue weighted by atomic mass is 16.4. The molecule has 3 fully saturated rings. The zero-order valence-electron chi connectivity index (χ0n) is 12.1. The Hall–Kier alpha value is -1.59. The number of carboxylic acid groups (broad SMARTS) is 1. The molecular formula is C15H22N2O4. The van der Waals surface area contributed by atoms with Crippen molar-refractivity contribution in [3.8, 4) is 0 Å². The quantitative estimate of drug-likeness (QED) is 0.778. The number of likely N-dealkylation sites (tertiary alicyclic amines) is 1. The second-order valence-electron chi connectivity index (χ2n) is 6.68. The lowest BCUT2D eigenvalue weighted by Crippen LogP contribution is -2.45. The lowest BCUT2D eigenvalue weighted by atomic mass is 9.95. The average molecular weight is 294 g/mol. The van der Waals surface area contributed by atoms with Crippen LogP contribution in [0.5, 0.6) is 0 Å². The molecule has 0 aromatic heterocycles. The first-order chi connectivity index (χ1) is 10.0. The number of carbonyl (C=O) groups excluding carboxylic acids is 2. The van der Waals surface area contributed by atoms with E-state index in [1.807, 2.05) is 4.90 Å². The smallest absolute Gasteiger partial charge is 0.311 e. The van der Waals surface area contributed by atoms with Crippen molar-refractivity contribution in [1.82, 2.24) is 10.2 Å². The van der Waals surface area contributed by atoms with Crippen molar-refractivity contribution in [3.05, 3.63) is 0 Å². The van der Waals surface area contributed by atoms with Gasteiger partial charge in [-0.25, -0.2) is 0 Å². The molecule has 0 bridgehead atoms. The Balaban J connectivity index is 1.42. The Morgan fingerprint density at radius 2 is 1.67 bits per heavy atom. The Kier molecular flexibility index (Phi) is 3.63. The summed E-state index contributed by atoms with van der Waals surface area (Å²) in [5.74, 6) is -0.469. The van der Waals surface area contributed by atoms with Gasteiger partial charge in [0.2, 0.25) is 11.8 Å². The van der Waals surface area contributed by atoms with Crippen molar-refractivity contribution in [1.29, 1.82) is 0 Å². The molecule has 2 aliphatic carbocycles. The maximum Gasteiger partial charge on any atom is 0.311 e. The number of carbonyl (C=O) groups is 3. The highest BCUT2D eigenvalue weighted by Gasteiger charge is 2.50. The van der Waals surface area contributed by atoms with E-state index in [0.717, 1.165) is 12.8 Å². The van der Waals surface area contributed by atoms with Crippen LogP contribution >= 0.6 is 0 Å². The van der Waals surface area contributed by atoms with Crippen molar-refractivity contribution in [2.24, 2.45) is 17.3 Å². The fourth-order valence-electron chi connectivity index (χ4n) is 2.97. The van der Waals surface area contributed by atoms with E-state index >= 15 is 0 Å². The van der Waals surface area contributed by atoms with Gasteiger partial charge in [0, 0.05) is 31.5 Å². The molecule has 0 aromatic rings. The van der Waals surface area contributed by atoms with Crippen LogP contribution in [-0.4, -0.2) is 47.4 Å². The Morgan fingerprint density at radius 3 is 2.14 bits per heavy atom. The SMILES string of the molecule is O=C(NCC1(C(=O)O)CC1)C1CCN(C(=O)C2CC2)CC1. The van der Waals surface area contributed by atoms with E-state index in [9.17, 15) is 14.4 Å². The summed E-state index contributed by atoms with van der Waals surface area (Å²) < 4.78 is 0. The average Bonchev–Trinajstić information content (AvgIpc) is 3.38. The molecule has 21 heavy (non-hydrogen) atoms. The van der Waals surface area contributed by atoms with Gasteiger partial charge in [0.1, 0.15) is 0 Å². The maximum atomic E-state index is 12.1. The van der Waals surface area contributed by atoms with Crippen molar-refractivity contribution in [3.63, 3.8) is 0 Å². The topological polar surface area (TPSA) is 86.7 Å². The van der Waals surface area contributed by atoms with Crippen LogP contribution in [-0.2, 0) is 14.4 Å². The number of carboxylic acids is 1. The van der Waals surface area contributed by atoms with Crippen molar-refractivity contribution in [2.75, 3.05) is 19.6 Å². The largest absolute Gasteiger partial charge is 0.481 e. The Bertz CT molecular complexity index is 460. The fraction of sp³-hybridized carbons (Fsp3) is 0.800. The summed E-state index contributed by atoms with van der Waals surface area (Å²) in [4.78, 5) is 37.0. The monoisotopic (exact) mass is 294 g/mol. The van der Waals surface area contributed by atoms with Crippen molar-refractivity contribution in [2.45, 2.75) is 38.5 Å². The minimum atomic E-state index is -0.812. The molecule has 3 aliphatic rings. The van der Waals surface area contributed by atoms with Crippen LogP contribution in [0, 0.1) is 17.3 Å². The summed E-state index contributed by atoms with van der Waals surface area (Å²) in [6.45, 7) is 1.54. The maximum absolute atomic E-state index is 12.1. The second kappa shape index (κ2) is 5.31. The lowest BCUT2D eigenvalue weighted by Gasteiger charge is -2.31. The molecule has 0 spiro atoms. The number of amides is 2. The molecule has 1 saturated heterocycles. The third-order valence-corrected chi connectivity index (χ3v) is 5.01. The van der Waals surface area contributed by atoms with Crippen molar-refractivity contribution < 1.29 is 19.5 Å². The minimum absolute atomic E-state index is 0.0546. The Morgan fingerprint density at radius 1 is 1.05 bits per heavy atom. The van der Waals surface area contributed by atoms with Gasteiger partial charge in [-0.15, -0.1) is 0 Å².